The lowest BCUT2D eigenvalue weighted by molar-refractivity contribution is -0.127. The summed E-state index contributed by atoms with van der Waals surface area (Å²) in [6, 6.07) is 19.4. The van der Waals surface area contributed by atoms with E-state index in [-0.39, 0.29) is 22.3 Å². The number of carbonyl (C=O) groups is 3. The molecule has 11 heteroatoms. The summed E-state index contributed by atoms with van der Waals surface area (Å²) in [5.74, 6) is -0.517. The number of halogens is 2. The maximum atomic E-state index is 12.9. The van der Waals surface area contributed by atoms with Gasteiger partial charge in [-0.15, -0.1) is 0 Å². The number of methoxy groups -OCH3 is 1. The number of amides is 3. The topological polar surface area (TPSA) is 109 Å². The van der Waals surface area contributed by atoms with Gasteiger partial charge in [0.2, 0.25) is 5.91 Å². The van der Waals surface area contributed by atoms with E-state index in [2.05, 4.69) is 27.3 Å². The molecule has 3 amide bonds. The summed E-state index contributed by atoms with van der Waals surface area (Å²) in [4.78, 5) is 38.9. The van der Waals surface area contributed by atoms with Gasteiger partial charge in [-0.05, 0) is 69.7 Å². The molecule has 1 aliphatic rings. The third-order valence-corrected chi connectivity index (χ3v) is 7.26. The fourth-order valence-electron chi connectivity index (χ4n) is 3.55. The number of hydrogen-bond donors (Lipinski definition) is 1. The summed E-state index contributed by atoms with van der Waals surface area (Å²) >= 11 is 10.5. The van der Waals surface area contributed by atoms with Gasteiger partial charge in [0, 0.05) is 10.0 Å². The molecule has 0 saturated carbocycles. The Morgan fingerprint density at radius 2 is 1.92 bits per heavy atom. The van der Waals surface area contributed by atoms with Crippen LogP contribution in [0.15, 0.2) is 70.0 Å². The molecule has 38 heavy (non-hydrogen) atoms. The minimum atomic E-state index is -0.592. The number of ether oxygens (including phenoxy) is 2. The Morgan fingerprint density at radius 3 is 2.66 bits per heavy atom. The Bertz CT molecular complexity index is 1500. The average molecular weight is 613 g/mol. The molecule has 1 N–H and O–H groups in total. The zero-order valence-corrected chi connectivity index (χ0v) is 23.0. The molecule has 4 rings (SSSR count). The number of benzene rings is 3. The fraction of sp³-hybridized carbons (Fsp3) is 0.111. The van der Waals surface area contributed by atoms with E-state index in [0.717, 1.165) is 16.7 Å². The summed E-state index contributed by atoms with van der Waals surface area (Å²) in [5, 5.41) is 11.6. The van der Waals surface area contributed by atoms with Gasteiger partial charge in [-0.3, -0.25) is 19.3 Å². The van der Waals surface area contributed by atoms with E-state index >= 15 is 0 Å². The summed E-state index contributed by atoms with van der Waals surface area (Å²) in [6.07, 6.45) is 1.50. The van der Waals surface area contributed by atoms with Crippen LogP contribution in [0.1, 0.15) is 16.7 Å². The number of thioether (sulfide) groups is 1. The van der Waals surface area contributed by atoms with Gasteiger partial charge in [-0.25, -0.2) is 0 Å². The Hall–Kier alpha value is -3.78. The molecule has 0 spiro atoms. The van der Waals surface area contributed by atoms with Gasteiger partial charge in [0.05, 0.1) is 34.4 Å². The van der Waals surface area contributed by atoms with E-state index in [9.17, 15) is 19.6 Å². The smallest absolute Gasteiger partial charge is 0.294 e. The summed E-state index contributed by atoms with van der Waals surface area (Å²) in [5.41, 5.74) is 2.20. The first-order valence-corrected chi connectivity index (χ1v) is 13.1. The number of para-hydroxylation sites is 1. The van der Waals surface area contributed by atoms with Gasteiger partial charge in [0.25, 0.3) is 11.1 Å². The van der Waals surface area contributed by atoms with Crippen molar-refractivity contribution in [2.24, 2.45) is 0 Å². The molecule has 0 atom stereocenters. The van der Waals surface area contributed by atoms with Gasteiger partial charge in [0.15, 0.2) is 11.5 Å². The van der Waals surface area contributed by atoms with Crippen molar-refractivity contribution in [2.45, 2.75) is 6.61 Å². The highest BCUT2D eigenvalue weighted by molar-refractivity contribution is 9.10. The highest BCUT2D eigenvalue weighted by Crippen LogP contribution is 2.39. The third-order valence-electron chi connectivity index (χ3n) is 5.38. The van der Waals surface area contributed by atoms with Crippen molar-refractivity contribution in [2.75, 3.05) is 19.0 Å². The largest absolute Gasteiger partial charge is 0.493 e. The SMILES string of the molecule is COc1cc(/C=C2\SC(=O)N(CC(=O)Nc3ccccc3Br)C2=O)cc(Cl)c1OCc1ccccc1C#N. The van der Waals surface area contributed by atoms with Crippen LogP contribution in [0.5, 0.6) is 11.5 Å². The molecular weight excluding hydrogens is 594 g/mol. The number of imide groups is 1. The lowest BCUT2D eigenvalue weighted by Gasteiger charge is -2.14. The number of hydrogen-bond acceptors (Lipinski definition) is 7. The van der Waals surface area contributed by atoms with Gasteiger partial charge in [-0.1, -0.05) is 41.9 Å². The number of nitriles is 1. The van der Waals surface area contributed by atoms with E-state index in [4.69, 9.17) is 21.1 Å². The second-order valence-electron chi connectivity index (χ2n) is 7.89. The molecule has 1 heterocycles. The summed E-state index contributed by atoms with van der Waals surface area (Å²) < 4.78 is 12.0. The van der Waals surface area contributed by atoms with Crippen molar-refractivity contribution < 1.29 is 23.9 Å². The van der Waals surface area contributed by atoms with Gasteiger partial charge in [0.1, 0.15) is 13.2 Å². The lowest BCUT2D eigenvalue weighted by atomic mass is 10.1. The van der Waals surface area contributed by atoms with Crippen LogP contribution in [-0.4, -0.2) is 35.6 Å². The van der Waals surface area contributed by atoms with Crippen LogP contribution in [0.2, 0.25) is 5.02 Å². The minimum Gasteiger partial charge on any atom is -0.493 e. The van der Waals surface area contributed by atoms with Crippen LogP contribution >= 0.6 is 39.3 Å². The molecule has 0 aromatic heterocycles. The Morgan fingerprint density at radius 1 is 1.18 bits per heavy atom. The fourth-order valence-corrected chi connectivity index (χ4v) is 5.05. The zero-order chi connectivity index (χ0) is 27.2. The Balaban J connectivity index is 1.49. The molecule has 8 nitrogen and oxygen atoms in total. The molecule has 0 unspecified atom stereocenters. The predicted octanol–water partition coefficient (Wildman–Crippen LogP) is 6.24. The number of carbonyl (C=O) groups excluding carboxylic acids is 3. The van der Waals surface area contributed by atoms with E-state index in [0.29, 0.717) is 32.6 Å². The molecule has 1 saturated heterocycles. The molecule has 192 valence electrons. The van der Waals surface area contributed by atoms with E-state index in [1.165, 1.54) is 13.2 Å². The first-order valence-electron chi connectivity index (χ1n) is 11.1. The van der Waals surface area contributed by atoms with Crippen molar-refractivity contribution in [3.8, 4) is 17.6 Å². The second-order valence-corrected chi connectivity index (χ2v) is 10.1. The van der Waals surface area contributed by atoms with E-state index < -0.39 is 23.6 Å². The van der Waals surface area contributed by atoms with Gasteiger partial charge >= 0.3 is 0 Å². The number of rotatable bonds is 8. The van der Waals surface area contributed by atoms with E-state index in [1.807, 2.05) is 0 Å². The predicted molar refractivity (Wildman–Crippen MR) is 149 cm³/mol. The monoisotopic (exact) mass is 611 g/mol. The third kappa shape index (κ3) is 6.19. The lowest BCUT2D eigenvalue weighted by Crippen LogP contribution is -2.36. The Kier molecular flexibility index (Phi) is 8.73. The first kappa shape index (κ1) is 27.3. The maximum Gasteiger partial charge on any atom is 0.294 e. The molecule has 1 aliphatic heterocycles. The van der Waals surface area contributed by atoms with Crippen LogP contribution in [0.25, 0.3) is 6.08 Å². The first-order chi connectivity index (χ1) is 18.3. The molecule has 1 fully saturated rings. The van der Waals surface area contributed by atoms with Crippen LogP contribution in [0.3, 0.4) is 0 Å². The van der Waals surface area contributed by atoms with E-state index in [1.54, 1.807) is 60.7 Å². The molecule has 0 aliphatic carbocycles. The molecule has 3 aromatic rings. The van der Waals surface area contributed by atoms with Crippen molar-refractivity contribution in [3.05, 3.63) is 91.8 Å². The van der Waals surface area contributed by atoms with Crippen molar-refractivity contribution in [3.63, 3.8) is 0 Å². The number of anilines is 1. The number of nitrogens with zero attached hydrogens (tertiary/aromatic N) is 2. The zero-order valence-electron chi connectivity index (χ0n) is 19.9. The summed E-state index contributed by atoms with van der Waals surface area (Å²) in [7, 11) is 1.45. The normalized spacial score (nSPS) is 13.9. The molecule has 3 aromatic carbocycles. The molecule has 0 radical (unpaired) electrons. The highest BCUT2D eigenvalue weighted by Gasteiger charge is 2.36. The van der Waals surface area contributed by atoms with Gasteiger partial charge in [-0.2, -0.15) is 5.26 Å². The van der Waals surface area contributed by atoms with Crippen molar-refractivity contribution in [1.29, 1.82) is 5.26 Å². The maximum absolute atomic E-state index is 12.9. The highest BCUT2D eigenvalue weighted by atomic mass is 79.9. The minimum absolute atomic E-state index is 0.0969. The quantitative estimate of drug-likeness (QED) is 0.300. The number of nitrogens with one attached hydrogen (secondary N) is 1. The van der Waals surface area contributed by atoms with Gasteiger partial charge < -0.3 is 14.8 Å². The Labute approximate surface area is 236 Å². The summed E-state index contributed by atoms with van der Waals surface area (Å²) in [6.45, 7) is -0.329. The molecule has 0 bridgehead atoms. The standard InChI is InChI=1S/C27H19BrClN3O5S/c1-36-22-11-16(10-20(29)25(22)37-15-18-7-3-2-6-17(18)13-30)12-23-26(34)32(27(35)38-23)14-24(33)31-21-9-5-4-8-19(21)28/h2-12H,14-15H2,1H3,(H,31,33)/b23-12-. The average Bonchev–Trinajstić information content (AvgIpc) is 3.16. The van der Waals surface area contributed by atoms with Crippen LogP contribution < -0.4 is 14.8 Å². The second kappa shape index (κ2) is 12.2. The van der Waals surface area contributed by atoms with Crippen LogP contribution in [0.4, 0.5) is 10.5 Å². The van der Waals surface area contributed by atoms with Crippen molar-refractivity contribution >= 4 is 68.1 Å². The molecular formula is C27H19BrClN3O5S. The van der Waals surface area contributed by atoms with Crippen LogP contribution in [0, 0.1) is 11.3 Å². The van der Waals surface area contributed by atoms with Crippen LogP contribution in [-0.2, 0) is 16.2 Å². The van der Waals surface area contributed by atoms with Crippen molar-refractivity contribution in [1.82, 2.24) is 4.90 Å².